The summed E-state index contributed by atoms with van der Waals surface area (Å²) in [4.78, 5) is 22.6. The Hall–Kier alpha value is -1.59. The van der Waals surface area contributed by atoms with E-state index >= 15 is 0 Å². The first-order valence-corrected chi connectivity index (χ1v) is 6.16. The van der Waals surface area contributed by atoms with E-state index in [2.05, 4.69) is 26.1 Å². The zero-order chi connectivity index (χ0) is 14.6. The molecule has 0 radical (unpaired) electrons. The normalized spacial score (nSPS) is 12.2. The lowest BCUT2D eigenvalue weighted by Gasteiger charge is -2.23. The highest BCUT2D eigenvalue weighted by Crippen LogP contribution is 2.29. The highest BCUT2D eigenvalue weighted by Gasteiger charge is 2.21. The summed E-state index contributed by atoms with van der Waals surface area (Å²) in [6.07, 6.45) is -0.163. The quantitative estimate of drug-likeness (QED) is 0.786. The van der Waals surface area contributed by atoms with E-state index in [1.54, 1.807) is 0 Å². The van der Waals surface area contributed by atoms with Crippen molar-refractivity contribution >= 4 is 29.9 Å². The molecule has 0 aliphatic carbocycles. The summed E-state index contributed by atoms with van der Waals surface area (Å²) in [5, 5.41) is 2.75. The van der Waals surface area contributed by atoms with Crippen LogP contribution < -0.4 is 16.8 Å². The van der Waals surface area contributed by atoms with Crippen molar-refractivity contribution in [1.82, 2.24) is 0 Å². The number of benzene rings is 1. The molecule has 2 amide bonds. The number of para-hydroxylation sites is 1. The molecular weight excluding hydrogens is 278 g/mol. The first-order chi connectivity index (χ1) is 8.71. The predicted molar refractivity (Wildman–Crippen MR) is 82.8 cm³/mol. The van der Waals surface area contributed by atoms with Crippen LogP contribution in [0.25, 0.3) is 0 Å². The lowest BCUT2D eigenvalue weighted by molar-refractivity contribution is -0.123. The molecule has 0 aromatic heterocycles. The fraction of sp³-hybridized carbons (Fsp3) is 0.429. The van der Waals surface area contributed by atoms with Crippen molar-refractivity contribution in [3.63, 3.8) is 0 Å². The van der Waals surface area contributed by atoms with Crippen molar-refractivity contribution in [1.29, 1.82) is 0 Å². The minimum absolute atomic E-state index is 0. The van der Waals surface area contributed by atoms with Gasteiger partial charge in [-0.15, -0.1) is 12.4 Å². The molecule has 1 aromatic rings. The summed E-state index contributed by atoms with van der Waals surface area (Å²) < 4.78 is 0. The second-order valence-corrected chi connectivity index (χ2v) is 5.56. The maximum atomic E-state index is 11.9. The van der Waals surface area contributed by atoms with E-state index in [4.69, 9.17) is 11.5 Å². The lowest BCUT2D eigenvalue weighted by atomic mass is 9.86. The van der Waals surface area contributed by atoms with Crippen molar-refractivity contribution in [2.75, 3.05) is 5.32 Å². The van der Waals surface area contributed by atoms with E-state index in [9.17, 15) is 9.59 Å². The Morgan fingerprint density at radius 2 is 1.80 bits per heavy atom. The molecule has 1 rings (SSSR count). The Kier molecular flexibility index (Phi) is 6.68. The Bertz CT molecular complexity index is 484. The van der Waals surface area contributed by atoms with Gasteiger partial charge in [-0.3, -0.25) is 9.59 Å². The van der Waals surface area contributed by atoms with Gasteiger partial charge in [0.15, 0.2) is 0 Å². The van der Waals surface area contributed by atoms with Gasteiger partial charge in [-0.05, 0) is 17.0 Å². The van der Waals surface area contributed by atoms with Gasteiger partial charge in [-0.1, -0.05) is 39.0 Å². The van der Waals surface area contributed by atoms with Crippen LogP contribution in [0.15, 0.2) is 24.3 Å². The second-order valence-electron chi connectivity index (χ2n) is 5.56. The topological polar surface area (TPSA) is 98.2 Å². The number of carbonyl (C=O) groups excluding carboxylic acids is 2. The number of amides is 2. The van der Waals surface area contributed by atoms with Crippen molar-refractivity contribution in [2.45, 2.75) is 38.6 Å². The lowest BCUT2D eigenvalue weighted by Crippen LogP contribution is -2.39. The molecule has 5 nitrogen and oxygen atoms in total. The SMILES string of the molecule is CC(C)(C)c1ccccc1NC(=O)C(N)CC(N)=O.Cl. The van der Waals surface area contributed by atoms with Gasteiger partial charge in [0.2, 0.25) is 11.8 Å². The molecule has 1 unspecified atom stereocenters. The predicted octanol–water partition coefficient (Wildman–Crippen LogP) is 1.55. The van der Waals surface area contributed by atoms with E-state index in [1.165, 1.54) is 0 Å². The highest BCUT2D eigenvalue weighted by atomic mass is 35.5. The summed E-state index contributed by atoms with van der Waals surface area (Å²) in [7, 11) is 0. The van der Waals surface area contributed by atoms with Crippen molar-refractivity contribution in [3.8, 4) is 0 Å². The molecule has 0 saturated carbocycles. The van der Waals surface area contributed by atoms with Crippen LogP contribution in [0.2, 0.25) is 0 Å². The number of hydrogen-bond donors (Lipinski definition) is 3. The summed E-state index contributed by atoms with van der Waals surface area (Å²) in [5.74, 6) is -0.998. The van der Waals surface area contributed by atoms with E-state index in [1.807, 2.05) is 24.3 Å². The standard InChI is InChI=1S/C14H21N3O2.ClH/c1-14(2,3)9-6-4-5-7-11(9)17-13(19)10(15)8-12(16)18;/h4-7,10H,8,15H2,1-3H3,(H2,16,18)(H,17,19);1H. The van der Waals surface area contributed by atoms with Crippen molar-refractivity contribution in [2.24, 2.45) is 11.5 Å². The number of halogens is 1. The smallest absolute Gasteiger partial charge is 0.241 e. The third-order valence-corrected chi connectivity index (χ3v) is 2.75. The first-order valence-electron chi connectivity index (χ1n) is 6.16. The van der Waals surface area contributed by atoms with Crippen LogP contribution in [0.1, 0.15) is 32.8 Å². The van der Waals surface area contributed by atoms with Gasteiger partial charge >= 0.3 is 0 Å². The van der Waals surface area contributed by atoms with E-state index in [0.717, 1.165) is 5.56 Å². The van der Waals surface area contributed by atoms with Crippen LogP contribution in [0, 0.1) is 0 Å². The van der Waals surface area contributed by atoms with Gasteiger partial charge in [0.25, 0.3) is 0 Å². The summed E-state index contributed by atoms with van der Waals surface area (Å²) >= 11 is 0. The van der Waals surface area contributed by atoms with Crippen LogP contribution in [0.3, 0.4) is 0 Å². The van der Waals surface area contributed by atoms with Gasteiger partial charge in [0, 0.05) is 5.69 Å². The molecule has 5 N–H and O–H groups in total. The summed E-state index contributed by atoms with van der Waals surface area (Å²) in [5.41, 5.74) is 12.3. The second kappa shape index (κ2) is 7.26. The minimum Gasteiger partial charge on any atom is -0.370 e. The molecule has 0 heterocycles. The zero-order valence-corrected chi connectivity index (χ0v) is 12.8. The molecular formula is C14H22ClN3O2. The molecule has 0 bridgehead atoms. The molecule has 0 aliphatic rings. The molecule has 0 saturated heterocycles. The molecule has 1 aromatic carbocycles. The number of hydrogen-bond acceptors (Lipinski definition) is 3. The number of primary amides is 1. The van der Waals surface area contributed by atoms with Crippen LogP contribution >= 0.6 is 12.4 Å². The van der Waals surface area contributed by atoms with Gasteiger partial charge in [-0.2, -0.15) is 0 Å². The Balaban J connectivity index is 0.00000361. The fourth-order valence-corrected chi connectivity index (χ4v) is 1.78. The number of anilines is 1. The molecule has 0 aliphatic heterocycles. The third-order valence-electron chi connectivity index (χ3n) is 2.75. The number of nitrogens with one attached hydrogen (secondary N) is 1. The van der Waals surface area contributed by atoms with Gasteiger partial charge in [0.05, 0.1) is 12.5 Å². The average molecular weight is 300 g/mol. The van der Waals surface area contributed by atoms with E-state index < -0.39 is 17.9 Å². The Morgan fingerprint density at radius 1 is 1.25 bits per heavy atom. The third kappa shape index (κ3) is 5.19. The monoisotopic (exact) mass is 299 g/mol. The molecule has 0 spiro atoms. The number of nitrogens with two attached hydrogens (primary N) is 2. The summed E-state index contributed by atoms with van der Waals surface area (Å²) in [6, 6.07) is 6.60. The van der Waals surface area contributed by atoms with Crippen LogP contribution in [-0.2, 0) is 15.0 Å². The first kappa shape index (κ1) is 18.4. The Labute approximate surface area is 125 Å². The van der Waals surface area contributed by atoms with Crippen molar-refractivity contribution in [3.05, 3.63) is 29.8 Å². The zero-order valence-electron chi connectivity index (χ0n) is 12.0. The average Bonchev–Trinajstić information content (AvgIpc) is 2.27. The molecule has 20 heavy (non-hydrogen) atoms. The molecule has 0 fully saturated rings. The summed E-state index contributed by atoms with van der Waals surface area (Å²) in [6.45, 7) is 6.17. The maximum Gasteiger partial charge on any atom is 0.241 e. The number of rotatable bonds is 4. The molecule has 6 heteroatoms. The van der Waals surface area contributed by atoms with Crippen LogP contribution in [-0.4, -0.2) is 17.9 Å². The van der Waals surface area contributed by atoms with Gasteiger partial charge < -0.3 is 16.8 Å². The largest absolute Gasteiger partial charge is 0.370 e. The van der Waals surface area contributed by atoms with E-state index in [-0.39, 0.29) is 24.2 Å². The van der Waals surface area contributed by atoms with Crippen molar-refractivity contribution < 1.29 is 9.59 Å². The maximum absolute atomic E-state index is 11.9. The minimum atomic E-state index is -0.925. The van der Waals surface area contributed by atoms with Crippen LogP contribution in [0.5, 0.6) is 0 Å². The van der Waals surface area contributed by atoms with Crippen LogP contribution in [0.4, 0.5) is 5.69 Å². The Morgan fingerprint density at radius 3 is 2.30 bits per heavy atom. The molecule has 112 valence electrons. The molecule has 1 atom stereocenters. The highest BCUT2D eigenvalue weighted by molar-refractivity contribution is 5.97. The number of carbonyl (C=O) groups is 2. The van der Waals surface area contributed by atoms with E-state index in [0.29, 0.717) is 5.69 Å². The fourth-order valence-electron chi connectivity index (χ4n) is 1.78. The van der Waals surface area contributed by atoms with Gasteiger partial charge in [-0.25, -0.2) is 0 Å². The van der Waals surface area contributed by atoms with Gasteiger partial charge in [0.1, 0.15) is 0 Å².